The first-order valence-corrected chi connectivity index (χ1v) is 9.14. The summed E-state index contributed by atoms with van der Waals surface area (Å²) < 4.78 is 16.2. The number of piperazine rings is 1. The summed E-state index contributed by atoms with van der Waals surface area (Å²) in [5.41, 5.74) is 1.08. The largest absolute Gasteiger partial charge is 0.497 e. The molecular weight excluding hydrogens is 344 g/mol. The van der Waals surface area contributed by atoms with E-state index in [1.165, 1.54) is 0 Å². The molecule has 2 aromatic rings. The van der Waals surface area contributed by atoms with Gasteiger partial charge >= 0.3 is 0 Å². The molecule has 144 valence electrons. The van der Waals surface area contributed by atoms with Gasteiger partial charge in [0.05, 0.1) is 32.9 Å². The van der Waals surface area contributed by atoms with Gasteiger partial charge in [0.2, 0.25) is 5.91 Å². The van der Waals surface area contributed by atoms with Crippen molar-refractivity contribution in [1.29, 1.82) is 0 Å². The van der Waals surface area contributed by atoms with Crippen LogP contribution in [0.1, 0.15) is 6.42 Å². The Kier molecular flexibility index (Phi) is 6.41. The summed E-state index contributed by atoms with van der Waals surface area (Å²) in [4.78, 5) is 16.6. The van der Waals surface area contributed by atoms with Crippen LogP contribution in [0.4, 0.5) is 5.69 Å². The molecule has 1 aliphatic rings. The Morgan fingerprint density at radius 1 is 0.889 bits per heavy atom. The van der Waals surface area contributed by atoms with Crippen molar-refractivity contribution in [3.63, 3.8) is 0 Å². The van der Waals surface area contributed by atoms with Gasteiger partial charge in [-0.25, -0.2) is 0 Å². The van der Waals surface area contributed by atoms with E-state index < -0.39 is 0 Å². The molecule has 0 aromatic heterocycles. The average Bonchev–Trinajstić information content (AvgIpc) is 2.74. The fourth-order valence-electron chi connectivity index (χ4n) is 3.17. The Labute approximate surface area is 160 Å². The minimum absolute atomic E-state index is 0.128. The van der Waals surface area contributed by atoms with Crippen LogP contribution in [-0.4, -0.2) is 57.8 Å². The fraction of sp³-hybridized carbons (Fsp3) is 0.381. The second kappa shape index (κ2) is 9.16. The maximum Gasteiger partial charge on any atom is 0.226 e. The lowest BCUT2D eigenvalue weighted by Crippen LogP contribution is -2.49. The lowest BCUT2D eigenvalue weighted by atomic mass is 10.2. The van der Waals surface area contributed by atoms with E-state index in [-0.39, 0.29) is 5.91 Å². The predicted octanol–water partition coefficient (Wildman–Crippen LogP) is 2.82. The molecule has 6 nitrogen and oxygen atoms in total. The highest BCUT2D eigenvalue weighted by Gasteiger charge is 2.22. The van der Waals surface area contributed by atoms with Crippen molar-refractivity contribution in [3.8, 4) is 17.2 Å². The zero-order valence-corrected chi connectivity index (χ0v) is 15.9. The van der Waals surface area contributed by atoms with Crippen molar-refractivity contribution in [3.05, 3.63) is 48.5 Å². The number of nitrogens with zero attached hydrogens (tertiary/aromatic N) is 2. The summed E-state index contributed by atoms with van der Waals surface area (Å²) in [6.07, 6.45) is 0.376. The van der Waals surface area contributed by atoms with Crippen LogP contribution in [-0.2, 0) is 4.79 Å². The highest BCUT2D eigenvalue weighted by Crippen LogP contribution is 2.28. The van der Waals surface area contributed by atoms with Gasteiger partial charge in [-0.05, 0) is 36.4 Å². The normalized spacial score (nSPS) is 14.0. The average molecular weight is 370 g/mol. The number of para-hydroxylation sites is 2. The van der Waals surface area contributed by atoms with Crippen LogP contribution in [0.2, 0.25) is 0 Å². The van der Waals surface area contributed by atoms with E-state index in [9.17, 15) is 4.79 Å². The van der Waals surface area contributed by atoms with E-state index >= 15 is 0 Å². The van der Waals surface area contributed by atoms with Crippen molar-refractivity contribution in [1.82, 2.24) is 4.90 Å². The molecule has 6 heteroatoms. The minimum Gasteiger partial charge on any atom is -0.497 e. The molecule has 1 fully saturated rings. The number of rotatable bonds is 7. The molecule has 1 saturated heterocycles. The highest BCUT2D eigenvalue weighted by molar-refractivity contribution is 5.76. The molecule has 0 aliphatic carbocycles. The van der Waals surface area contributed by atoms with Crippen molar-refractivity contribution in [2.24, 2.45) is 0 Å². The van der Waals surface area contributed by atoms with Crippen LogP contribution >= 0.6 is 0 Å². The second-order valence-electron chi connectivity index (χ2n) is 6.31. The fourth-order valence-corrected chi connectivity index (χ4v) is 3.17. The van der Waals surface area contributed by atoms with E-state index in [4.69, 9.17) is 14.2 Å². The Balaban J connectivity index is 1.44. The molecule has 0 radical (unpaired) electrons. The summed E-state index contributed by atoms with van der Waals surface area (Å²) in [7, 11) is 3.31. The van der Waals surface area contributed by atoms with E-state index in [0.29, 0.717) is 26.1 Å². The van der Waals surface area contributed by atoms with E-state index in [1.807, 2.05) is 47.4 Å². The summed E-state index contributed by atoms with van der Waals surface area (Å²) in [6, 6.07) is 15.4. The van der Waals surface area contributed by atoms with Gasteiger partial charge in [0, 0.05) is 26.2 Å². The van der Waals surface area contributed by atoms with Gasteiger partial charge < -0.3 is 24.0 Å². The molecule has 0 saturated carbocycles. The second-order valence-corrected chi connectivity index (χ2v) is 6.31. The summed E-state index contributed by atoms with van der Waals surface area (Å²) in [6.45, 7) is 3.38. The van der Waals surface area contributed by atoms with E-state index in [1.54, 1.807) is 14.2 Å². The van der Waals surface area contributed by atoms with Crippen LogP contribution in [0.15, 0.2) is 48.5 Å². The van der Waals surface area contributed by atoms with E-state index in [0.717, 1.165) is 36.0 Å². The van der Waals surface area contributed by atoms with Gasteiger partial charge in [-0.1, -0.05) is 12.1 Å². The number of carbonyl (C=O) groups is 1. The third kappa shape index (κ3) is 4.84. The Hall–Kier alpha value is -2.89. The Morgan fingerprint density at radius 2 is 1.56 bits per heavy atom. The van der Waals surface area contributed by atoms with Crippen molar-refractivity contribution in [2.45, 2.75) is 6.42 Å². The number of hydrogen-bond donors (Lipinski definition) is 0. The van der Waals surface area contributed by atoms with Gasteiger partial charge in [-0.15, -0.1) is 0 Å². The monoisotopic (exact) mass is 370 g/mol. The number of benzene rings is 2. The molecule has 27 heavy (non-hydrogen) atoms. The van der Waals surface area contributed by atoms with Crippen LogP contribution in [0.25, 0.3) is 0 Å². The Bertz CT molecular complexity index is 740. The number of ether oxygens (including phenoxy) is 3. The zero-order valence-electron chi connectivity index (χ0n) is 15.9. The summed E-state index contributed by atoms with van der Waals surface area (Å²) in [5, 5.41) is 0. The van der Waals surface area contributed by atoms with Gasteiger partial charge in [-0.2, -0.15) is 0 Å². The maximum absolute atomic E-state index is 12.4. The van der Waals surface area contributed by atoms with Crippen molar-refractivity contribution >= 4 is 11.6 Å². The van der Waals surface area contributed by atoms with Gasteiger partial charge in [0.1, 0.15) is 17.2 Å². The van der Waals surface area contributed by atoms with Crippen LogP contribution in [0.5, 0.6) is 17.2 Å². The highest BCUT2D eigenvalue weighted by atomic mass is 16.5. The van der Waals surface area contributed by atoms with Crippen LogP contribution < -0.4 is 19.1 Å². The summed E-state index contributed by atoms with van der Waals surface area (Å²) in [5.74, 6) is 2.52. The molecule has 1 heterocycles. The summed E-state index contributed by atoms with van der Waals surface area (Å²) >= 11 is 0. The third-order valence-corrected chi connectivity index (χ3v) is 4.70. The maximum atomic E-state index is 12.4. The third-order valence-electron chi connectivity index (χ3n) is 4.70. The lowest BCUT2D eigenvalue weighted by molar-refractivity contribution is -0.132. The van der Waals surface area contributed by atoms with Crippen molar-refractivity contribution < 1.29 is 19.0 Å². The quantitative estimate of drug-likeness (QED) is 0.750. The molecule has 1 amide bonds. The smallest absolute Gasteiger partial charge is 0.226 e. The topological polar surface area (TPSA) is 51.2 Å². The minimum atomic E-state index is 0.128. The molecule has 0 N–H and O–H groups in total. The SMILES string of the molecule is COc1ccc(OCCC(=O)N2CCN(c3ccccc3OC)CC2)cc1. The molecule has 0 unspecified atom stereocenters. The Morgan fingerprint density at radius 3 is 2.22 bits per heavy atom. The van der Waals surface area contributed by atoms with E-state index in [2.05, 4.69) is 11.0 Å². The molecule has 0 spiro atoms. The van der Waals surface area contributed by atoms with Gasteiger partial charge in [0.25, 0.3) is 0 Å². The van der Waals surface area contributed by atoms with Gasteiger partial charge in [-0.3, -0.25) is 4.79 Å². The molecular formula is C21H26N2O4. The zero-order chi connectivity index (χ0) is 19.1. The molecule has 2 aromatic carbocycles. The van der Waals surface area contributed by atoms with Crippen LogP contribution in [0, 0.1) is 0 Å². The number of anilines is 1. The number of methoxy groups -OCH3 is 2. The number of amides is 1. The molecule has 0 bridgehead atoms. The van der Waals surface area contributed by atoms with Gasteiger partial charge in [0.15, 0.2) is 0 Å². The number of carbonyl (C=O) groups excluding carboxylic acids is 1. The number of hydrogen-bond acceptors (Lipinski definition) is 5. The van der Waals surface area contributed by atoms with Crippen LogP contribution in [0.3, 0.4) is 0 Å². The lowest BCUT2D eigenvalue weighted by Gasteiger charge is -2.36. The van der Waals surface area contributed by atoms with Crippen molar-refractivity contribution in [2.75, 3.05) is 51.9 Å². The first-order chi connectivity index (χ1) is 13.2. The molecule has 1 aliphatic heterocycles. The standard InChI is InChI=1S/C21H26N2O4/c1-25-17-7-9-18(10-8-17)27-16-11-21(24)23-14-12-22(13-15-23)19-5-3-4-6-20(19)26-2/h3-10H,11-16H2,1-2H3. The first kappa shape index (κ1) is 18.9. The molecule has 0 atom stereocenters. The first-order valence-electron chi connectivity index (χ1n) is 9.14. The molecule has 3 rings (SSSR count). The predicted molar refractivity (Wildman–Crippen MR) is 105 cm³/mol.